The van der Waals surface area contributed by atoms with Crippen LogP contribution in [0.1, 0.15) is 323 Å². The van der Waals surface area contributed by atoms with Crippen molar-refractivity contribution in [3.05, 3.63) is 122 Å². The number of phosphoric ester groups is 2. The van der Waals surface area contributed by atoms with Crippen LogP contribution in [-0.2, 0) is 65.4 Å². The molecule has 3 N–H and O–H groups in total. The van der Waals surface area contributed by atoms with Crippen molar-refractivity contribution in [3.63, 3.8) is 0 Å². The average Bonchev–Trinajstić information content (AvgIpc) is 0.939. The van der Waals surface area contributed by atoms with Crippen molar-refractivity contribution in [2.75, 3.05) is 39.6 Å². The van der Waals surface area contributed by atoms with Crippen molar-refractivity contribution >= 4 is 39.5 Å². The molecule has 586 valence electrons. The van der Waals surface area contributed by atoms with Crippen LogP contribution in [0, 0.1) is 0 Å². The highest BCUT2D eigenvalue weighted by Gasteiger charge is 2.30. The first-order valence-corrected chi connectivity index (χ1v) is 42.8. The van der Waals surface area contributed by atoms with Gasteiger partial charge < -0.3 is 33.8 Å². The van der Waals surface area contributed by atoms with Gasteiger partial charge in [0.15, 0.2) is 12.2 Å². The number of rotatable bonds is 74. The second-order valence-corrected chi connectivity index (χ2v) is 29.2. The summed E-state index contributed by atoms with van der Waals surface area (Å²) in [6, 6.07) is 0. The van der Waals surface area contributed by atoms with E-state index in [0.717, 1.165) is 116 Å². The Morgan fingerprint density at radius 3 is 0.853 bits per heavy atom. The van der Waals surface area contributed by atoms with E-state index in [1.54, 1.807) is 0 Å². The van der Waals surface area contributed by atoms with E-state index in [0.29, 0.717) is 38.5 Å². The van der Waals surface area contributed by atoms with Crippen molar-refractivity contribution in [2.24, 2.45) is 0 Å². The lowest BCUT2D eigenvalue weighted by Gasteiger charge is -2.21. The maximum Gasteiger partial charge on any atom is 0.472 e. The van der Waals surface area contributed by atoms with E-state index < -0.39 is 97.5 Å². The Kier molecular flexibility index (Phi) is 71.4. The molecule has 17 nitrogen and oxygen atoms in total. The fourth-order valence-corrected chi connectivity index (χ4v) is 11.9. The van der Waals surface area contributed by atoms with Gasteiger partial charge in [0, 0.05) is 25.7 Å². The van der Waals surface area contributed by atoms with Crippen LogP contribution in [0.3, 0.4) is 0 Å². The first-order chi connectivity index (χ1) is 49.7. The summed E-state index contributed by atoms with van der Waals surface area (Å²) < 4.78 is 68.5. The highest BCUT2D eigenvalue weighted by Crippen LogP contribution is 2.45. The Balaban J connectivity index is 5.45. The van der Waals surface area contributed by atoms with Crippen LogP contribution in [0.4, 0.5) is 0 Å². The zero-order valence-corrected chi connectivity index (χ0v) is 65.8. The first kappa shape index (κ1) is 97.5. The van der Waals surface area contributed by atoms with Gasteiger partial charge in [-0.05, 0) is 128 Å². The fraction of sp³-hybridized carbons (Fsp3) is 0.711. The molecule has 0 amide bonds. The van der Waals surface area contributed by atoms with Crippen LogP contribution in [-0.4, -0.2) is 96.7 Å². The summed E-state index contributed by atoms with van der Waals surface area (Å²) in [6.07, 6.45) is 81.9. The predicted molar refractivity (Wildman–Crippen MR) is 418 cm³/mol. The lowest BCUT2D eigenvalue weighted by Crippen LogP contribution is -2.30. The molecule has 0 saturated heterocycles. The van der Waals surface area contributed by atoms with Crippen molar-refractivity contribution in [1.29, 1.82) is 0 Å². The van der Waals surface area contributed by atoms with Gasteiger partial charge in [-0.1, -0.05) is 290 Å². The first-order valence-electron chi connectivity index (χ1n) is 39.8. The number of aliphatic hydroxyl groups excluding tert-OH is 1. The Morgan fingerprint density at radius 2 is 0.520 bits per heavy atom. The zero-order chi connectivity index (χ0) is 74.6. The van der Waals surface area contributed by atoms with Gasteiger partial charge in [0.25, 0.3) is 0 Å². The molecule has 0 saturated carbocycles. The third-order valence-electron chi connectivity index (χ3n) is 16.4. The summed E-state index contributed by atoms with van der Waals surface area (Å²) in [4.78, 5) is 72.9. The van der Waals surface area contributed by atoms with Gasteiger partial charge >= 0.3 is 39.5 Å². The highest BCUT2D eigenvalue weighted by atomic mass is 31.2. The zero-order valence-electron chi connectivity index (χ0n) is 64.0. The number of hydrogen-bond donors (Lipinski definition) is 3. The minimum absolute atomic E-state index is 0.0629. The molecular weight excluding hydrogens is 1330 g/mol. The maximum atomic E-state index is 13.1. The number of esters is 4. The van der Waals surface area contributed by atoms with E-state index in [9.17, 15) is 43.2 Å². The molecule has 0 aliphatic carbocycles. The van der Waals surface area contributed by atoms with Crippen LogP contribution < -0.4 is 0 Å². The standard InChI is InChI=1S/C83H142O17P2/c1-5-9-13-17-21-25-29-33-36-38-41-44-47-51-55-59-63-67-80(85)93-73-78(99-82(87)69-65-61-57-53-49-43-32-28-24-20-16-12-8-4)75-97-101(89,90)95-71-77(84)72-96-102(91,92)98-76-79(100-83(88)70-66-62-58-54-50-46-40-35-31-27-23-19-15-11-7-3)74-94-81(86)68-64-60-56-52-48-45-42-39-37-34-30-26-22-18-14-10-6-2/h21-22,25-27,31,33-37,40-42,44-45,51-52,55-56,77-79,84H,5-20,23-24,28-30,32,38-39,43,46-50,53-54,57-76H2,1-4H3,(H,89,90)(H,91,92)/b25-21-,26-22-,31-27-,36-33-,37-34-,40-35-,44-41-,45-42-,55-51-,56-52-/t77-,78+,79+/m0/s1. The van der Waals surface area contributed by atoms with Gasteiger partial charge in [-0.15, -0.1) is 0 Å². The van der Waals surface area contributed by atoms with Crippen LogP contribution in [0.5, 0.6) is 0 Å². The number of unbranched alkanes of at least 4 members (excludes halogenated alkanes) is 29. The van der Waals surface area contributed by atoms with Gasteiger partial charge in [-0.3, -0.25) is 37.3 Å². The summed E-state index contributed by atoms with van der Waals surface area (Å²) in [6.45, 7) is 4.67. The van der Waals surface area contributed by atoms with Crippen molar-refractivity contribution in [2.45, 2.75) is 341 Å². The van der Waals surface area contributed by atoms with Gasteiger partial charge in [-0.25, -0.2) is 9.13 Å². The van der Waals surface area contributed by atoms with Gasteiger partial charge in [0.05, 0.1) is 26.4 Å². The molecule has 0 aliphatic rings. The lowest BCUT2D eigenvalue weighted by molar-refractivity contribution is -0.161. The summed E-state index contributed by atoms with van der Waals surface area (Å²) >= 11 is 0. The SMILES string of the molecule is CCCCC/C=C\C/C=C\C/C=C\C/C=C\CCCC(=O)OC[C@H](COP(=O)(O)OC[C@@H](O)COP(=O)(O)OC[C@@H](COC(=O)CCC/C=C\C/C=C\C/C=C\C/C=C\CCCCC)OC(=O)CCCCCCCCCCCCCCC)OC(=O)CCCCCCC/C=C\C=C/CCCCCC. The normalized spacial score (nSPS) is 14.5. The van der Waals surface area contributed by atoms with Crippen LogP contribution in [0.15, 0.2) is 122 Å². The Hall–Kier alpha value is -4.54. The fourth-order valence-electron chi connectivity index (χ4n) is 10.3. The quantitative estimate of drug-likeness (QED) is 0.0128. The van der Waals surface area contributed by atoms with E-state index in [4.69, 9.17) is 37.0 Å². The van der Waals surface area contributed by atoms with Crippen LogP contribution in [0.2, 0.25) is 0 Å². The number of carbonyl (C=O) groups is 4. The number of allylic oxidation sites excluding steroid dienone is 20. The second-order valence-electron chi connectivity index (χ2n) is 26.3. The number of aliphatic hydroxyl groups is 1. The van der Waals surface area contributed by atoms with E-state index in [-0.39, 0.29) is 25.7 Å². The molecule has 102 heavy (non-hydrogen) atoms. The Bertz CT molecular complexity index is 2410. The van der Waals surface area contributed by atoms with Crippen LogP contribution in [0.25, 0.3) is 0 Å². The third-order valence-corrected chi connectivity index (χ3v) is 18.3. The van der Waals surface area contributed by atoms with E-state index in [2.05, 4.69) is 125 Å². The molecule has 5 atom stereocenters. The molecule has 0 aromatic rings. The topological polar surface area (TPSA) is 237 Å². The molecule has 2 unspecified atom stereocenters. The molecule has 19 heteroatoms. The molecule has 0 rings (SSSR count). The highest BCUT2D eigenvalue weighted by molar-refractivity contribution is 7.47. The molecule has 0 radical (unpaired) electrons. The van der Waals surface area contributed by atoms with Crippen molar-refractivity contribution < 1.29 is 80.2 Å². The minimum atomic E-state index is -5.00. The smallest absolute Gasteiger partial charge is 0.462 e. The summed E-state index contributed by atoms with van der Waals surface area (Å²) in [7, 11) is -9.99. The number of phosphoric acid groups is 2. The molecule has 0 aromatic carbocycles. The largest absolute Gasteiger partial charge is 0.472 e. The molecule has 0 fully saturated rings. The van der Waals surface area contributed by atoms with Crippen LogP contribution >= 0.6 is 15.6 Å². The molecule has 0 aliphatic heterocycles. The Labute approximate surface area is 619 Å². The molecule has 0 spiro atoms. The molecule has 0 heterocycles. The summed E-state index contributed by atoms with van der Waals surface area (Å²) in [5.41, 5.74) is 0. The number of carbonyl (C=O) groups excluding carboxylic acids is 4. The maximum absolute atomic E-state index is 13.1. The van der Waals surface area contributed by atoms with Crippen molar-refractivity contribution in [3.8, 4) is 0 Å². The lowest BCUT2D eigenvalue weighted by atomic mass is 10.0. The monoisotopic (exact) mass is 1470 g/mol. The van der Waals surface area contributed by atoms with Gasteiger partial charge in [0.1, 0.15) is 19.3 Å². The number of ether oxygens (including phenoxy) is 4. The molecular formula is C83H142O17P2. The minimum Gasteiger partial charge on any atom is -0.462 e. The Morgan fingerprint density at radius 1 is 0.284 bits per heavy atom. The molecule has 0 aromatic heterocycles. The third kappa shape index (κ3) is 73.8. The van der Waals surface area contributed by atoms with Crippen molar-refractivity contribution in [1.82, 2.24) is 0 Å². The summed E-state index contributed by atoms with van der Waals surface area (Å²) in [5.74, 6) is -2.31. The van der Waals surface area contributed by atoms with E-state index >= 15 is 0 Å². The van der Waals surface area contributed by atoms with E-state index in [1.165, 1.54) is 116 Å². The average molecular weight is 1470 g/mol. The number of hydrogen-bond acceptors (Lipinski definition) is 15. The predicted octanol–water partition coefficient (Wildman–Crippen LogP) is 23.1. The van der Waals surface area contributed by atoms with Gasteiger partial charge in [0.2, 0.25) is 0 Å². The molecule has 0 bridgehead atoms. The summed E-state index contributed by atoms with van der Waals surface area (Å²) in [5, 5.41) is 10.6. The van der Waals surface area contributed by atoms with E-state index in [1.807, 2.05) is 24.3 Å². The van der Waals surface area contributed by atoms with Gasteiger partial charge in [-0.2, -0.15) is 0 Å². The second kappa shape index (κ2) is 74.7.